The van der Waals surface area contributed by atoms with Gasteiger partial charge in [-0.3, -0.25) is 0 Å². The van der Waals surface area contributed by atoms with Gasteiger partial charge >= 0.3 is 0 Å². The molecule has 1 heteroatoms. The summed E-state index contributed by atoms with van der Waals surface area (Å²) in [7, 11) is 0. The fraction of sp³-hybridized carbons (Fsp3) is 0. The molecule has 0 spiro atoms. The van der Waals surface area contributed by atoms with Crippen molar-refractivity contribution >= 4 is 54.1 Å². The Hall–Kier alpha value is -4.62. The summed E-state index contributed by atoms with van der Waals surface area (Å²) in [6.45, 7) is 0. The van der Waals surface area contributed by atoms with Gasteiger partial charge in [-0.15, -0.1) is 0 Å². The van der Waals surface area contributed by atoms with Crippen LogP contribution in [0.2, 0.25) is 0 Å². The van der Waals surface area contributed by atoms with Crippen molar-refractivity contribution in [1.82, 2.24) is 4.57 Å². The van der Waals surface area contributed by atoms with Gasteiger partial charge in [0, 0.05) is 16.5 Å². The Bertz CT molecular complexity index is 1980. The van der Waals surface area contributed by atoms with Crippen molar-refractivity contribution in [1.29, 1.82) is 0 Å². The zero-order valence-electron chi connectivity index (χ0n) is 19.1. The summed E-state index contributed by atoms with van der Waals surface area (Å²) in [5.74, 6) is 0. The molecular weight excluding hydrogens is 422 g/mol. The maximum absolute atomic E-state index is 2.39. The molecule has 0 saturated carbocycles. The first-order chi connectivity index (χ1) is 17.3. The van der Waals surface area contributed by atoms with Gasteiger partial charge in [-0.1, -0.05) is 91.0 Å². The summed E-state index contributed by atoms with van der Waals surface area (Å²) in [5, 5.41) is 10.5. The number of aromatic nitrogens is 1. The molecule has 0 unspecified atom stereocenters. The molecule has 0 radical (unpaired) electrons. The van der Waals surface area contributed by atoms with Gasteiger partial charge in [0.05, 0.1) is 11.0 Å². The largest absolute Gasteiger partial charge is 0.309 e. The van der Waals surface area contributed by atoms with E-state index in [0.29, 0.717) is 0 Å². The summed E-state index contributed by atoms with van der Waals surface area (Å²) in [4.78, 5) is 0. The lowest BCUT2D eigenvalue weighted by atomic mass is 9.91. The molecule has 1 nitrogen and oxygen atoms in total. The average molecular weight is 444 g/mol. The van der Waals surface area contributed by atoms with Crippen LogP contribution < -0.4 is 0 Å². The second kappa shape index (κ2) is 6.94. The molecule has 162 valence electrons. The lowest BCUT2D eigenvalue weighted by Gasteiger charge is -2.13. The minimum absolute atomic E-state index is 1.19. The first-order valence-electron chi connectivity index (χ1n) is 12.1. The Morgan fingerprint density at radius 2 is 1.00 bits per heavy atom. The highest BCUT2D eigenvalue weighted by Gasteiger charge is 2.14. The lowest BCUT2D eigenvalue weighted by molar-refractivity contribution is 1.18. The predicted molar refractivity (Wildman–Crippen MR) is 150 cm³/mol. The molecule has 8 aromatic rings. The van der Waals surface area contributed by atoms with Crippen molar-refractivity contribution in [3.05, 3.63) is 127 Å². The van der Waals surface area contributed by atoms with Gasteiger partial charge in [0.25, 0.3) is 0 Å². The van der Waals surface area contributed by atoms with Crippen LogP contribution in [0.5, 0.6) is 0 Å². The van der Waals surface area contributed by atoms with Crippen LogP contribution in [0.3, 0.4) is 0 Å². The number of fused-ring (bicyclic) bond motifs is 3. The molecule has 1 aromatic heterocycles. The third kappa shape index (κ3) is 2.64. The molecule has 8 rings (SSSR count). The summed E-state index contributed by atoms with van der Waals surface area (Å²) in [6, 6.07) is 46.6. The molecular formula is C34H21N. The van der Waals surface area contributed by atoms with Crippen molar-refractivity contribution in [2.45, 2.75) is 0 Å². The summed E-state index contributed by atoms with van der Waals surface area (Å²) < 4.78 is 2.39. The predicted octanol–water partition coefficient (Wildman–Crippen LogP) is 9.35. The monoisotopic (exact) mass is 443 g/mol. The summed E-state index contributed by atoms with van der Waals surface area (Å²) in [5.41, 5.74) is 6.15. The molecule has 0 atom stereocenters. The van der Waals surface area contributed by atoms with E-state index in [2.05, 4.69) is 132 Å². The van der Waals surface area contributed by atoms with Crippen LogP contribution in [-0.4, -0.2) is 4.57 Å². The van der Waals surface area contributed by atoms with E-state index >= 15 is 0 Å². The third-order valence-electron chi connectivity index (χ3n) is 7.48. The highest BCUT2D eigenvalue weighted by molar-refractivity contribution is 6.23. The van der Waals surface area contributed by atoms with Crippen molar-refractivity contribution < 1.29 is 0 Å². The molecule has 0 N–H and O–H groups in total. The number of benzene rings is 7. The summed E-state index contributed by atoms with van der Waals surface area (Å²) >= 11 is 0. The van der Waals surface area contributed by atoms with E-state index in [1.54, 1.807) is 0 Å². The van der Waals surface area contributed by atoms with Crippen molar-refractivity contribution in [2.75, 3.05) is 0 Å². The fourth-order valence-corrected chi connectivity index (χ4v) is 5.93. The van der Waals surface area contributed by atoms with Crippen LogP contribution in [0, 0.1) is 0 Å². The van der Waals surface area contributed by atoms with E-state index in [4.69, 9.17) is 0 Å². The summed E-state index contributed by atoms with van der Waals surface area (Å²) in [6.07, 6.45) is 0. The molecule has 1 heterocycles. The quantitative estimate of drug-likeness (QED) is 0.235. The normalized spacial score (nSPS) is 12.0. The van der Waals surface area contributed by atoms with Crippen LogP contribution >= 0.6 is 0 Å². The Labute approximate surface area is 202 Å². The third-order valence-corrected chi connectivity index (χ3v) is 7.48. The molecule has 0 aliphatic heterocycles. The van der Waals surface area contributed by atoms with E-state index in [1.807, 2.05) is 0 Å². The van der Waals surface area contributed by atoms with E-state index in [-0.39, 0.29) is 0 Å². The molecule has 35 heavy (non-hydrogen) atoms. The molecule has 0 aliphatic carbocycles. The average Bonchev–Trinajstić information content (AvgIpc) is 3.26. The Balaban J connectivity index is 1.42. The van der Waals surface area contributed by atoms with Gasteiger partial charge in [-0.05, 0) is 79.8 Å². The molecule has 0 fully saturated rings. The van der Waals surface area contributed by atoms with Crippen molar-refractivity contribution in [3.8, 4) is 16.8 Å². The lowest BCUT2D eigenvalue weighted by Crippen LogP contribution is -1.93. The number of nitrogens with zero attached hydrogens (tertiary/aromatic N) is 1. The highest BCUT2D eigenvalue weighted by Crippen LogP contribution is 2.39. The number of para-hydroxylation sites is 2. The number of rotatable bonds is 2. The maximum atomic E-state index is 2.39. The SMILES string of the molecule is c1ccc(-n2c3ccccc3c3ccc(-c4cc5ccc6cccc7ccc(c4)c5c67)cc32)cc1. The molecule has 7 aromatic carbocycles. The smallest absolute Gasteiger partial charge is 0.0547 e. The zero-order chi connectivity index (χ0) is 22.9. The number of hydrogen-bond acceptors (Lipinski definition) is 0. The minimum Gasteiger partial charge on any atom is -0.309 e. The van der Waals surface area contributed by atoms with Crippen molar-refractivity contribution in [3.63, 3.8) is 0 Å². The van der Waals surface area contributed by atoms with Gasteiger partial charge < -0.3 is 4.57 Å². The van der Waals surface area contributed by atoms with Crippen LogP contribution in [0.15, 0.2) is 127 Å². The van der Waals surface area contributed by atoms with Crippen LogP contribution in [0.25, 0.3) is 70.9 Å². The van der Waals surface area contributed by atoms with Crippen LogP contribution in [0.4, 0.5) is 0 Å². The number of hydrogen-bond donors (Lipinski definition) is 0. The molecule has 0 amide bonds. The first-order valence-corrected chi connectivity index (χ1v) is 12.1. The fourth-order valence-electron chi connectivity index (χ4n) is 5.93. The Morgan fingerprint density at radius 1 is 0.371 bits per heavy atom. The van der Waals surface area contributed by atoms with Crippen LogP contribution in [-0.2, 0) is 0 Å². The minimum atomic E-state index is 1.19. The van der Waals surface area contributed by atoms with Gasteiger partial charge in [-0.25, -0.2) is 0 Å². The van der Waals surface area contributed by atoms with E-state index in [0.717, 1.165) is 0 Å². The second-order valence-electron chi connectivity index (χ2n) is 9.43. The van der Waals surface area contributed by atoms with E-state index in [1.165, 1.54) is 70.9 Å². The van der Waals surface area contributed by atoms with Gasteiger partial charge in [0.2, 0.25) is 0 Å². The first kappa shape index (κ1) is 18.8. The van der Waals surface area contributed by atoms with Gasteiger partial charge in [0.1, 0.15) is 0 Å². The maximum Gasteiger partial charge on any atom is 0.0547 e. The van der Waals surface area contributed by atoms with Crippen LogP contribution in [0.1, 0.15) is 0 Å². The van der Waals surface area contributed by atoms with Gasteiger partial charge in [-0.2, -0.15) is 0 Å². The molecule has 0 saturated heterocycles. The Morgan fingerprint density at radius 3 is 1.77 bits per heavy atom. The highest BCUT2D eigenvalue weighted by atomic mass is 15.0. The Kier molecular flexibility index (Phi) is 3.72. The topological polar surface area (TPSA) is 4.93 Å². The van der Waals surface area contributed by atoms with E-state index in [9.17, 15) is 0 Å². The second-order valence-corrected chi connectivity index (χ2v) is 9.43. The molecule has 0 aliphatic rings. The van der Waals surface area contributed by atoms with Gasteiger partial charge in [0.15, 0.2) is 0 Å². The standard InChI is InChI=1S/C34H21N/c1-2-9-28(10-3-1)35-31-12-5-4-11-29(31)30-18-17-24(21-32(30)35)27-19-25-15-13-22-7-6-8-23-14-16-26(20-27)34(25)33(22)23/h1-21H. The molecule has 0 bridgehead atoms. The zero-order valence-corrected chi connectivity index (χ0v) is 19.1. The van der Waals surface area contributed by atoms with E-state index < -0.39 is 0 Å². The van der Waals surface area contributed by atoms with Crippen molar-refractivity contribution in [2.24, 2.45) is 0 Å².